The number of halogens is 2. The van der Waals surface area contributed by atoms with Gasteiger partial charge in [-0.3, -0.25) is 9.78 Å². The van der Waals surface area contributed by atoms with E-state index in [0.29, 0.717) is 30.3 Å². The summed E-state index contributed by atoms with van der Waals surface area (Å²) in [6.45, 7) is 6.67. The maximum absolute atomic E-state index is 14.4. The van der Waals surface area contributed by atoms with Crippen molar-refractivity contribution in [2.45, 2.75) is 45.6 Å². The average Bonchev–Trinajstić information content (AvgIpc) is 2.71. The van der Waals surface area contributed by atoms with Crippen molar-refractivity contribution in [2.75, 3.05) is 13.2 Å². The Morgan fingerprint density at radius 1 is 1.11 bits per heavy atom. The average molecular weight is 392 g/mol. The third kappa shape index (κ3) is 5.41. The highest BCUT2D eigenvalue weighted by Gasteiger charge is 2.42. The molecule has 0 saturated heterocycles. The molecule has 0 bridgehead atoms. The van der Waals surface area contributed by atoms with E-state index in [1.165, 1.54) is 18.3 Å². The first-order valence-corrected chi connectivity index (χ1v) is 9.40. The van der Waals surface area contributed by atoms with Gasteiger partial charge in [0, 0.05) is 6.20 Å². The summed E-state index contributed by atoms with van der Waals surface area (Å²) in [5.74, 6) is -4.00. The molecule has 0 spiro atoms. The lowest BCUT2D eigenvalue weighted by molar-refractivity contribution is -0.148. The van der Waals surface area contributed by atoms with Crippen molar-refractivity contribution in [3.8, 4) is 11.5 Å². The Balaban J connectivity index is 2.16. The quantitative estimate of drug-likeness (QED) is 0.641. The maximum atomic E-state index is 14.4. The molecule has 0 fully saturated rings. The number of nitrogens with zero attached hydrogens (tertiary/aromatic N) is 1. The summed E-state index contributed by atoms with van der Waals surface area (Å²) in [5.41, 5.74) is 0.0510. The van der Waals surface area contributed by atoms with Gasteiger partial charge in [-0.2, -0.15) is 8.78 Å². The number of amides is 1. The molecule has 0 aliphatic heterocycles. The molecule has 1 aromatic heterocycles. The van der Waals surface area contributed by atoms with E-state index in [2.05, 4.69) is 10.3 Å². The molecule has 0 aliphatic rings. The minimum Gasteiger partial charge on any atom is -0.490 e. The molecule has 0 aliphatic carbocycles. The number of aromatic nitrogens is 1. The first-order chi connectivity index (χ1) is 13.4. The Kier molecular flexibility index (Phi) is 7.72. The summed E-state index contributed by atoms with van der Waals surface area (Å²) in [7, 11) is 0. The number of carbonyl (C=O) groups is 1. The van der Waals surface area contributed by atoms with Gasteiger partial charge in [0.15, 0.2) is 11.5 Å². The molecule has 0 radical (unpaired) electrons. The Bertz CT molecular complexity index is 770. The molecule has 7 heteroatoms. The number of ether oxygens (including phenoxy) is 2. The minimum atomic E-state index is -3.72. The second-order valence-corrected chi connectivity index (χ2v) is 6.39. The fourth-order valence-electron chi connectivity index (χ4n) is 2.49. The predicted molar refractivity (Wildman–Crippen MR) is 103 cm³/mol. The zero-order chi connectivity index (χ0) is 20.6. The number of alkyl halides is 2. The van der Waals surface area contributed by atoms with Gasteiger partial charge in [0.1, 0.15) is 5.69 Å². The SMILES string of the molecule is CCCOc1ccc([C@H](C)NC(=O)C(F)(F)c2ccccn2)cc1OCCC. The fourth-order valence-corrected chi connectivity index (χ4v) is 2.49. The van der Waals surface area contributed by atoms with Crippen LogP contribution in [-0.4, -0.2) is 24.1 Å². The highest BCUT2D eigenvalue weighted by atomic mass is 19.3. The van der Waals surface area contributed by atoms with Crippen LogP contribution in [0.5, 0.6) is 11.5 Å². The monoisotopic (exact) mass is 392 g/mol. The van der Waals surface area contributed by atoms with Crippen molar-refractivity contribution < 1.29 is 23.0 Å². The van der Waals surface area contributed by atoms with E-state index in [1.807, 2.05) is 13.8 Å². The van der Waals surface area contributed by atoms with E-state index in [-0.39, 0.29) is 0 Å². The third-order valence-electron chi connectivity index (χ3n) is 4.01. The molecular formula is C21H26F2N2O3. The Morgan fingerprint density at radius 3 is 2.39 bits per heavy atom. The van der Waals surface area contributed by atoms with Crippen LogP contribution in [0.4, 0.5) is 8.78 Å². The smallest absolute Gasteiger partial charge is 0.366 e. The Labute approximate surface area is 164 Å². The van der Waals surface area contributed by atoms with Crippen LogP contribution >= 0.6 is 0 Å². The van der Waals surface area contributed by atoms with Crippen LogP contribution in [0.2, 0.25) is 0 Å². The van der Waals surface area contributed by atoms with Crippen LogP contribution in [0.1, 0.15) is 50.9 Å². The van der Waals surface area contributed by atoms with Crippen LogP contribution in [-0.2, 0) is 10.7 Å². The topological polar surface area (TPSA) is 60.5 Å². The predicted octanol–water partition coefficient (Wildman–Crippen LogP) is 4.63. The molecule has 0 unspecified atom stereocenters. The van der Waals surface area contributed by atoms with Crippen molar-refractivity contribution in [3.63, 3.8) is 0 Å². The summed E-state index contributed by atoms with van der Waals surface area (Å²) in [6.07, 6.45) is 2.90. The molecule has 1 aromatic carbocycles. The number of carbonyl (C=O) groups excluding carboxylic acids is 1. The van der Waals surface area contributed by atoms with Crippen molar-refractivity contribution in [3.05, 3.63) is 53.9 Å². The molecule has 1 N–H and O–H groups in total. The maximum Gasteiger partial charge on any atom is 0.366 e. The van der Waals surface area contributed by atoms with E-state index in [4.69, 9.17) is 9.47 Å². The van der Waals surface area contributed by atoms with Crippen molar-refractivity contribution in [1.82, 2.24) is 10.3 Å². The van der Waals surface area contributed by atoms with Gasteiger partial charge in [0.2, 0.25) is 0 Å². The molecular weight excluding hydrogens is 366 g/mol. The van der Waals surface area contributed by atoms with E-state index >= 15 is 0 Å². The molecule has 5 nitrogen and oxygen atoms in total. The summed E-state index contributed by atoms with van der Waals surface area (Å²) in [4.78, 5) is 15.7. The standard InChI is InChI=1S/C21H26F2N2O3/c1-4-12-27-17-10-9-16(14-18(17)28-13-5-2)15(3)25-20(26)21(22,23)19-8-6-7-11-24-19/h6-11,14-15H,4-5,12-13H2,1-3H3,(H,25,26)/t15-/m0/s1. The lowest BCUT2D eigenvalue weighted by Crippen LogP contribution is -2.39. The lowest BCUT2D eigenvalue weighted by Gasteiger charge is -2.21. The second kappa shape index (κ2) is 10.0. The van der Waals surface area contributed by atoms with Gasteiger partial charge in [-0.1, -0.05) is 26.0 Å². The van der Waals surface area contributed by atoms with Gasteiger partial charge >= 0.3 is 5.92 Å². The van der Waals surface area contributed by atoms with Gasteiger partial charge in [0.05, 0.1) is 19.3 Å². The number of nitrogens with one attached hydrogen (secondary N) is 1. The van der Waals surface area contributed by atoms with Gasteiger partial charge in [0.25, 0.3) is 5.91 Å². The number of rotatable bonds is 10. The molecule has 1 heterocycles. The molecule has 28 heavy (non-hydrogen) atoms. The Morgan fingerprint density at radius 2 is 1.79 bits per heavy atom. The molecule has 0 saturated carbocycles. The van der Waals surface area contributed by atoms with Crippen molar-refractivity contribution in [1.29, 1.82) is 0 Å². The minimum absolute atomic E-state index is 0.504. The lowest BCUT2D eigenvalue weighted by atomic mass is 10.1. The summed E-state index contributed by atoms with van der Waals surface area (Å²) < 4.78 is 40.1. The van der Waals surface area contributed by atoms with E-state index < -0.39 is 23.6 Å². The third-order valence-corrected chi connectivity index (χ3v) is 4.01. The van der Waals surface area contributed by atoms with Gasteiger partial charge < -0.3 is 14.8 Å². The summed E-state index contributed by atoms with van der Waals surface area (Å²) >= 11 is 0. The second-order valence-electron chi connectivity index (χ2n) is 6.39. The largest absolute Gasteiger partial charge is 0.490 e. The fraction of sp³-hybridized carbons (Fsp3) is 0.429. The molecule has 1 amide bonds. The molecule has 1 atom stereocenters. The zero-order valence-electron chi connectivity index (χ0n) is 16.4. The number of hydrogen-bond acceptors (Lipinski definition) is 4. The first-order valence-electron chi connectivity index (χ1n) is 9.40. The summed E-state index contributed by atoms with van der Waals surface area (Å²) in [5, 5.41) is 2.36. The van der Waals surface area contributed by atoms with Crippen LogP contribution in [0.3, 0.4) is 0 Å². The molecule has 152 valence electrons. The molecule has 2 rings (SSSR count). The van der Waals surface area contributed by atoms with Gasteiger partial charge in [-0.05, 0) is 49.6 Å². The van der Waals surface area contributed by atoms with Gasteiger partial charge in [-0.25, -0.2) is 0 Å². The van der Waals surface area contributed by atoms with Crippen molar-refractivity contribution >= 4 is 5.91 Å². The van der Waals surface area contributed by atoms with Crippen LogP contribution in [0, 0.1) is 0 Å². The number of benzene rings is 1. The van der Waals surface area contributed by atoms with Crippen LogP contribution in [0.25, 0.3) is 0 Å². The highest BCUT2D eigenvalue weighted by Crippen LogP contribution is 2.32. The highest BCUT2D eigenvalue weighted by molar-refractivity contribution is 5.84. The van der Waals surface area contributed by atoms with Crippen molar-refractivity contribution in [2.24, 2.45) is 0 Å². The first kappa shape index (κ1) is 21.6. The van der Waals surface area contributed by atoms with E-state index in [9.17, 15) is 13.6 Å². The van der Waals surface area contributed by atoms with Crippen LogP contribution < -0.4 is 14.8 Å². The normalized spacial score (nSPS) is 12.3. The summed E-state index contributed by atoms with van der Waals surface area (Å²) in [6, 6.07) is 8.58. The number of pyridine rings is 1. The molecule has 2 aromatic rings. The van der Waals surface area contributed by atoms with Gasteiger partial charge in [-0.15, -0.1) is 0 Å². The van der Waals surface area contributed by atoms with Crippen LogP contribution in [0.15, 0.2) is 42.6 Å². The Hall–Kier alpha value is -2.70. The number of hydrogen-bond donors (Lipinski definition) is 1. The zero-order valence-corrected chi connectivity index (χ0v) is 16.4. The van der Waals surface area contributed by atoms with E-state index in [0.717, 1.165) is 18.9 Å². The van der Waals surface area contributed by atoms with E-state index in [1.54, 1.807) is 25.1 Å².